The number of benzene rings is 1. The van der Waals surface area contributed by atoms with E-state index in [0.717, 1.165) is 18.2 Å². The Bertz CT molecular complexity index is 506. The normalized spacial score (nSPS) is 10.8. The van der Waals surface area contributed by atoms with E-state index >= 15 is 0 Å². The molecule has 0 atom stereocenters. The highest BCUT2D eigenvalue weighted by atomic mass is 19.1. The van der Waals surface area contributed by atoms with Gasteiger partial charge in [-0.05, 0) is 24.7 Å². The fourth-order valence-electron chi connectivity index (χ4n) is 1.74. The van der Waals surface area contributed by atoms with Crippen LogP contribution in [0.5, 0.6) is 0 Å². The van der Waals surface area contributed by atoms with Crippen molar-refractivity contribution in [1.82, 2.24) is 9.88 Å². The van der Waals surface area contributed by atoms with E-state index in [9.17, 15) is 8.78 Å². The van der Waals surface area contributed by atoms with Gasteiger partial charge in [0, 0.05) is 37.1 Å². The molecule has 1 aromatic carbocycles. The molecule has 1 heterocycles. The van der Waals surface area contributed by atoms with Crippen LogP contribution >= 0.6 is 0 Å². The van der Waals surface area contributed by atoms with Gasteiger partial charge in [0.05, 0.1) is 0 Å². The minimum atomic E-state index is -0.547. The first-order valence-corrected chi connectivity index (χ1v) is 5.42. The summed E-state index contributed by atoms with van der Waals surface area (Å²) in [5, 5.41) is 3.04. The summed E-state index contributed by atoms with van der Waals surface area (Å²) in [5.74, 6) is -1.05. The first-order chi connectivity index (χ1) is 8.19. The average Bonchev–Trinajstić information content (AvgIpc) is 2.71. The lowest BCUT2D eigenvalue weighted by Crippen LogP contribution is -2.04. The van der Waals surface area contributed by atoms with Crippen LogP contribution in [0.2, 0.25) is 0 Å². The molecular formula is C13H14F2N2. The first-order valence-electron chi connectivity index (χ1n) is 5.42. The Labute approximate surface area is 98.9 Å². The van der Waals surface area contributed by atoms with Crippen molar-refractivity contribution in [3.63, 3.8) is 0 Å². The first kappa shape index (κ1) is 11.8. The van der Waals surface area contributed by atoms with Gasteiger partial charge in [0.25, 0.3) is 0 Å². The lowest BCUT2D eigenvalue weighted by molar-refractivity contribution is 0.566. The molecule has 4 heteroatoms. The summed E-state index contributed by atoms with van der Waals surface area (Å²) in [7, 11) is 1.87. The van der Waals surface area contributed by atoms with Crippen molar-refractivity contribution < 1.29 is 8.78 Å². The molecule has 1 N–H and O–H groups in total. The maximum atomic E-state index is 13.4. The van der Waals surface area contributed by atoms with Crippen molar-refractivity contribution in [3.8, 4) is 0 Å². The molecule has 0 unspecified atom stereocenters. The third kappa shape index (κ3) is 2.91. The SMILES string of the molecule is CNCc1ccn(Cc2ccc(F)cc2F)c1. The van der Waals surface area contributed by atoms with Crippen molar-refractivity contribution in [2.24, 2.45) is 0 Å². The maximum Gasteiger partial charge on any atom is 0.131 e. The van der Waals surface area contributed by atoms with Gasteiger partial charge >= 0.3 is 0 Å². The molecule has 0 radical (unpaired) electrons. The highest BCUT2D eigenvalue weighted by molar-refractivity contribution is 5.20. The molecule has 0 aliphatic heterocycles. The second kappa shape index (κ2) is 5.10. The summed E-state index contributed by atoms with van der Waals surface area (Å²) in [6.45, 7) is 1.19. The zero-order valence-corrected chi connectivity index (χ0v) is 9.58. The van der Waals surface area contributed by atoms with E-state index in [1.54, 1.807) is 0 Å². The van der Waals surface area contributed by atoms with Crippen LogP contribution in [0.3, 0.4) is 0 Å². The Morgan fingerprint density at radius 1 is 1.24 bits per heavy atom. The lowest BCUT2D eigenvalue weighted by Gasteiger charge is -2.04. The van der Waals surface area contributed by atoms with E-state index in [1.807, 2.05) is 30.1 Å². The molecule has 0 fully saturated rings. The number of nitrogens with one attached hydrogen (secondary N) is 1. The second-order valence-electron chi connectivity index (χ2n) is 3.96. The molecule has 0 aliphatic rings. The second-order valence-corrected chi connectivity index (χ2v) is 3.96. The van der Waals surface area contributed by atoms with Crippen LogP contribution in [0.4, 0.5) is 8.78 Å². The molecule has 0 aliphatic carbocycles. The van der Waals surface area contributed by atoms with Gasteiger partial charge in [-0.15, -0.1) is 0 Å². The molecule has 0 bridgehead atoms. The van der Waals surface area contributed by atoms with Crippen LogP contribution < -0.4 is 5.32 Å². The van der Waals surface area contributed by atoms with E-state index in [0.29, 0.717) is 12.1 Å². The van der Waals surface area contributed by atoms with Gasteiger partial charge < -0.3 is 9.88 Å². The number of rotatable bonds is 4. The maximum absolute atomic E-state index is 13.4. The van der Waals surface area contributed by atoms with Crippen LogP contribution in [0.25, 0.3) is 0 Å². The van der Waals surface area contributed by atoms with Gasteiger partial charge in [-0.1, -0.05) is 6.07 Å². The largest absolute Gasteiger partial charge is 0.349 e. The Hall–Kier alpha value is -1.68. The zero-order chi connectivity index (χ0) is 12.3. The van der Waals surface area contributed by atoms with E-state index in [2.05, 4.69) is 5.32 Å². The predicted molar refractivity (Wildman–Crippen MR) is 62.7 cm³/mol. The number of halogens is 2. The minimum absolute atomic E-state index is 0.413. The fourth-order valence-corrected chi connectivity index (χ4v) is 1.74. The van der Waals surface area contributed by atoms with E-state index in [-0.39, 0.29) is 0 Å². The highest BCUT2D eigenvalue weighted by Crippen LogP contribution is 2.12. The van der Waals surface area contributed by atoms with Crippen LogP contribution in [0, 0.1) is 11.6 Å². The van der Waals surface area contributed by atoms with Gasteiger partial charge in [0.15, 0.2) is 0 Å². The van der Waals surface area contributed by atoms with Gasteiger partial charge in [0.2, 0.25) is 0 Å². The average molecular weight is 236 g/mol. The molecule has 2 nitrogen and oxygen atoms in total. The number of hydrogen-bond acceptors (Lipinski definition) is 1. The fraction of sp³-hybridized carbons (Fsp3) is 0.231. The minimum Gasteiger partial charge on any atom is -0.349 e. The van der Waals surface area contributed by atoms with Gasteiger partial charge in [-0.25, -0.2) is 8.78 Å². The van der Waals surface area contributed by atoms with Crippen LogP contribution in [0.1, 0.15) is 11.1 Å². The molecule has 1 aromatic heterocycles. The van der Waals surface area contributed by atoms with E-state index in [1.165, 1.54) is 12.1 Å². The summed E-state index contributed by atoms with van der Waals surface area (Å²) < 4.78 is 28.0. The monoisotopic (exact) mass is 236 g/mol. The van der Waals surface area contributed by atoms with Gasteiger partial charge in [-0.3, -0.25) is 0 Å². The molecule has 0 amide bonds. The van der Waals surface area contributed by atoms with Crippen LogP contribution in [-0.2, 0) is 13.1 Å². The number of hydrogen-bond donors (Lipinski definition) is 1. The predicted octanol–water partition coefficient (Wildman–Crippen LogP) is 2.53. The van der Waals surface area contributed by atoms with Crippen molar-refractivity contribution in [1.29, 1.82) is 0 Å². The summed E-state index contributed by atoms with van der Waals surface area (Å²) in [4.78, 5) is 0. The standard InChI is InChI=1S/C13H14F2N2/c1-16-7-10-4-5-17(8-10)9-11-2-3-12(14)6-13(11)15/h2-6,8,16H,7,9H2,1H3. The molecule has 2 rings (SSSR count). The van der Waals surface area contributed by atoms with E-state index in [4.69, 9.17) is 0 Å². The Kier molecular flexibility index (Phi) is 3.54. The van der Waals surface area contributed by atoms with Gasteiger partial charge in [-0.2, -0.15) is 0 Å². The quantitative estimate of drug-likeness (QED) is 0.863. The Morgan fingerprint density at radius 3 is 2.76 bits per heavy atom. The molecule has 0 saturated carbocycles. The van der Waals surface area contributed by atoms with Crippen molar-refractivity contribution >= 4 is 0 Å². The Morgan fingerprint density at radius 2 is 2.06 bits per heavy atom. The molecule has 0 saturated heterocycles. The molecule has 90 valence electrons. The van der Waals surface area contributed by atoms with E-state index < -0.39 is 11.6 Å². The van der Waals surface area contributed by atoms with Gasteiger partial charge in [0.1, 0.15) is 11.6 Å². The summed E-state index contributed by atoms with van der Waals surface area (Å²) in [6, 6.07) is 5.63. The highest BCUT2D eigenvalue weighted by Gasteiger charge is 2.04. The van der Waals surface area contributed by atoms with Crippen molar-refractivity contribution in [2.45, 2.75) is 13.1 Å². The topological polar surface area (TPSA) is 17.0 Å². The smallest absolute Gasteiger partial charge is 0.131 e. The molecule has 0 spiro atoms. The van der Waals surface area contributed by atoms with Crippen molar-refractivity contribution in [3.05, 3.63) is 59.4 Å². The van der Waals surface area contributed by atoms with Crippen molar-refractivity contribution in [2.75, 3.05) is 7.05 Å². The summed E-state index contributed by atoms with van der Waals surface area (Å²) in [5.41, 5.74) is 1.62. The van der Waals surface area contributed by atoms with Crippen LogP contribution in [-0.4, -0.2) is 11.6 Å². The number of aromatic nitrogens is 1. The number of nitrogens with zero attached hydrogens (tertiary/aromatic N) is 1. The van der Waals surface area contributed by atoms with Crippen LogP contribution in [0.15, 0.2) is 36.7 Å². The zero-order valence-electron chi connectivity index (χ0n) is 9.58. The third-order valence-electron chi connectivity index (χ3n) is 2.56. The molecule has 17 heavy (non-hydrogen) atoms. The third-order valence-corrected chi connectivity index (χ3v) is 2.56. The molecular weight excluding hydrogens is 222 g/mol. The summed E-state index contributed by atoms with van der Waals surface area (Å²) >= 11 is 0. The Balaban J connectivity index is 2.13. The summed E-state index contributed by atoms with van der Waals surface area (Å²) in [6.07, 6.45) is 3.83. The lowest BCUT2D eigenvalue weighted by atomic mass is 10.2. The molecule has 2 aromatic rings.